The minimum Gasteiger partial charge on any atom is -0.493 e. The van der Waals surface area contributed by atoms with E-state index in [1.807, 2.05) is 18.2 Å². The monoisotopic (exact) mass is 421 g/mol. The van der Waals surface area contributed by atoms with Gasteiger partial charge in [0.05, 0.1) is 19.6 Å². The Balaban J connectivity index is 1.81. The van der Waals surface area contributed by atoms with Crippen LogP contribution in [0.25, 0.3) is 22.6 Å². The number of methoxy groups -OCH3 is 2. The quantitative estimate of drug-likeness (QED) is 0.621. The maximum absolute atomic E-state index is 13.0. The van der Waals surface area contributed by atoms with Gasteiger partial charge in [0.2, 0.25) is 0 Å². The summed E-state index contributed by atoms with van der Waals surface area (Å²) < 4.78 is 16.9. The van der Waals surface area contributed by atoms with Gasteiger partial charge in [-0.05, 0) is 42.7 Å². The first kappa shape index (κ1) is 20.2. The molecule has 1 amide bonds. The first-order valence-corrected chi connectivity index (χ1v) is 9.49. The predicted octanol–water partition coefficient (Wildman–Crippen LogP) is 3.32. The molecule has 1 aliphatic rings. The highest BCUT2D eigenvalue weighted by atomic mass is 16.5. The third kappa shape index (κ3) is 3.63. The zero-order valence-corrected chi connectivity index (χ0v) is 16.9. The number of aliphatic carboxylic acids is 1. The van der Waals surface area contributed by atoms with Gasteiger partial charge in [0.1, 0.15) is 11.3 Å². The summed E-state index contributed by atoms with van der Waals surface area (Å²) in [5.41, 5.74) is 2.55. The summed E-state index contributed by atoms with van der Waals surface area (Å²) in [5.74, 6) is -1.13. The average Bonchev–Trinajstić information content (AvgIpc) is 3.16. The number of carboxylic acids is 1. The van der Waals surface area contributed by atoms with Crippen LogP contribution in [0, 0.1) is 0 Å². The highest BCUT2D eigenvalue weighted by Crippen LogP contribution is 2.38. The molecule has 0 bridgehead atoms. The van der Waals surface area contributed by atoms with Gasteiger partial charge in [-0.15, -0.1) is 0 Å². The van der Waals surface area contributed by atoms with E-state index in [0.29, 0.717) is 41.1 Å². The molecule has 0 saturated carbocycles. The number of carbonyl (C=O) groups excluding carboxylic acids is 1. The molecule has 158 valence electrons. The lowest BCUT2D eigenvalue weighted by atomic mass is 10.1. The molecule has 0 spiro atoms. The van der Waals surface area contributed by atoms with Crippen LogP contribution in [0.1, 0.15) is 23.3 Å². The number of benzene rings is 2. The van der Waals surface area contributed by atoms with E-state index in [1.165, 1.54) is 18.2 Å². The second kappa shape index (κ2) is 7.98. The standard InChI is InChI=1S/C23H19NO7/c1-29-17-5-3-4-12(21(17)30-2)10-13-6-8-16-19(25)15-9-7-14(24-22(26)23(27)28)11-18(15)31-20(13)16/h3-5,7,9-11H,6,8H2,1-2H3,(H,24,26)(H,27,28)/b13-10-. The summed E-state index contributed by atoms with van der Waals surface area (Å²) in [6, 6.07) is 9.96. The van der Waals surface area contributed by atoms with Crippen molar-refractivity contribution in [3.63, 3.8) is 0 Å². The Kier molecular flexibility index (Phi) is 5.21. The molecular weight excluding hydrogens is 402 g/mol. The largest absolute Gasteiger partial charge is 0.493 e. The van der Waals surface area contributed by atoms with Crippen molar-refractivity contribution in [3.8, 4) is 11.5 Å². The van der Waals surface area contributed by atoms with Crippen molar-refractivity contribution in [2.45, 2.75) is 12.8 Å². The molecule has 2 aromatic carbocycles. The van der Waals surface area contributed by atoms with Crippen LogP contribution in [0.2, 0.25) is 0 Å². The van der Waals surface area contributed by atoms with Crippen molar-refractivity contribution in [1.29, 1.82) is 0 Å². The molecule has 0 unspecified atom stereocenters. The molecule has 1 aromatic heterocycles. The van der Waals surface area contributed by atoms with Gasteiger partial charge in [-0.2, -0.15) is 0 Å². The highest BCUT2D eigenvalue weighted by Gasteiger charge is 2.25. The normalized spacial score (nSPS) is 13.8. The summed E-state index contributed by atoms with van der Waals surface area (Å²) in [6.45, 7) is 0. The summed E-state index contributed by atoms with van der Waals surface area (Å²) >= 11 is 0. The fraction of sp³-hybridized carbons (Fsp3) is 0.174. The van der Waals surface area contributed by atoms with Gasteiger partial charge in [-0.1, -0.05) is 12.1 Å². The molecule has 4 rings (SSSR count). The van der Waals surface area contributed by atoms with Crippen LogP contribution in [0.4, 0.5) is 5.69 Å². The Morgan fingerprint density at radius 3 is 2.65 bits per heavy atom. The number of allylic oxidation sites excluding steroid dienone is 1. The molecule has 0 atom stereocenters. The number of fused-ring (bicyclic) bond motifs is 2. The number of rotatable bonds is 4. The SMILES string of the molecule is COc1cccc(/C=C2/CCc3c2oc2cc(NC(=O)C(=O)O)ccc2c3=O)c1OC. The average molecular weight is 421 g/mol. The van der Waals surface area contributed by atoms with Gasteiger partial charge >= 0.3 is 11.9 Å². The molecule has 1 aliphatic carbocycles. The zero-order chi connectivity index (χ0) is 22.1. The highest BCUT2D eigenvalue weighted by molar-refractivity contribution is 6.36. The van der Waals surface area contributed by atoms with Gasteiger partial charge in [-0.3, -0.25) is 9.59 Å². The smallest absolute Gasteiger partial charge is 0.394 e. The summed E-state index contributed by atoms with van der Waals surface area (Å²) in [7, 11) is 3.12. The van der Waals surface area contributed by atoms with Gasteiger partial charge < -0.3 is 24.3 Å². The van der Waals surface area contributed by atoms with E-state index in [2.05, 4.69) is 5.32 Å². The van der Waals surface area contributed by atoms with E-state index < -0.39 is 11.9 Å². The van der Waals surface area contributed by atoms with E-state index in [-0.39, 0.29) is 16.7 Å². The van der Waals surface area contributed by atoms with Crippen LogP contribution in [0.5, 0.6) is 11.5 Å². The second-order valence-corrected chi connectivity index (χ2v) is 6.96. The number of para-hydroxylation sites is 1. The molecule has 0 radical (unpaired) electrons. The van der Waals surface area contributed by atoms with Crippen LogP contribution < -0.4 is 20.2 Å². The number of hydrogen-bond donors (Lipinski definition) is 2. The number of carboxylic acid groups (broad SMARTS) is 1. The maximum Gasteiger partial charge on any atom is 0.394 e. The van der Waals surface area contributed by atoms with E-state index in [9.17, 15) is 14.4 Å². The number of anilines is 1. The molecular formula is C23H19NO7. The lowest BCUT2D eigenvalue weighted by Gasteiger charge is -2.11. The van der Waals surface area contributed by atoms with Gasteiger partial charge in [0.25, 0.3) is 0 Å². The molecule has 31 heavy (non-hydrogen) atoms. The minimum absolute atomic E-state index is 0.145. The van der Waals surface area contributed by atoms with Crippen molar-refractivity contribution in [3.05, 3.63) is 63.5 Å². The minimum atomic E-state index is -1.60. The number of amides is 1. The molecule has 2 N–H and O–H groups in total. The molecule has 3 aromatic rings. The molecule has 8 nitrogen and oxygen atoms in total. The van der Waals surface area contributed by atoms with Crippen molar-refractivity contribution >= 4 is 40.2 Å². The summed E-state index contributed by atoms with van der Waals surface area (Å²) in [4.78, 5) is 35.2. The fourth-order valence-corrected chi connectivity index (χ4v) is 3.70. The number of ether oxygens (including phenoxy) is 2. The Hall–Kier alpha value is -4.07. The van der Waals surface area contributed by atoms with Crippen molar-refractivity contribution in [2.75, 3.05) is 19.5 Å². The third-order valence-electron chi connectivity index (χ3n) is 5.14. The first-order valence-electron chi connectivity index (χ1n) is 9.49. The van der Waals surface area contributed by atoms with Crippen LogP contribution in [0.3, 0.4) is 0 Å². The number of hydrogen-bond acceptors (Lipinski definition) is 6. The zero-order valence-electron chi connectivity index (χ0n) is 16.9. The fourth-order valence-electron chi connectivity index (χ4n) is 3.70. The van der Waals surface area contributed by atoms with Gasteiger partial charge in [0, 0.05) is 22.9 Å². The Bertz CT molecular complexity index is 1300. The lowest BCUT2D eigenvalue weighted by molar-refractivity contribution is -0.147. The number of carbonyl (C=O) groups is 2. The molecule has 0 aliphatic heterocycles. The van der Waals surface area contributed by atoms with E-state index >= 15 is 0 Å². The summed E-state index contributed by atoms with van der Waals surface area (Å²) in [6.07, 6.45) is 3.06. The van der Waals surface area contributed by atoms with Crippen LogP contribution in [-0.4, -0.2) is 31.2 Å². The van der Waals surface area contributed by atoms with Gasteiger partial charge in [0.15, 0.2) is 16.9 Å². The maximum atomic E-state index is 13.0. The van der Waals surface area contributed by atoms with Crippen molar-refractivity contribution in [2.24, 2.45) is 0 Å². The van der Waals surface area contributed by atoms with E-state index in [4.69, 9.17) is 19.0 Å². The Morgan fingerprint density at radius 1 is 1.13 bits per heavy atom. The molecule has 8 heteroatoms. The molecule has 0 saturated heterocycles. The number of nitrogens with one attached hydrogen (secondary N) is 1. The van der Waals surface area contributed by atoms with Crippen molar-refractivity contribution < 1.29 is 28.6 Å². The van der Waals surface area contributed by atoms with E-state index in [0.717, 1.165) is 11.1 Å². The van der Waals surface area contributed by atoms with Crippen LogP contribution in [0.15, 0.2) is 45.6 Å². The summed E-state index contributed by atoms with van der Waals surface area (Å²) in [5, 5.41) is 11.4. The Morgan fingerprint density at radius 2 is 1.94 bits per heavy atom. The second-order valence-electron chi connectivity index (χ2n) is 6.96. The predicted molar refractivity (Wildman–Crippen MR) is 114 cm³/mol. The topological polar surface area (TPSA) is 115 Å². The lowest BCUT2D eigenvalue weighted by Crippen LogP contribution is -2.21. The Labute approximate surface area is 176 Å². The van der Waals surface area contributed by atoms with E-state index in [1.54, 1.807) is 20.3 Å². The third-order valence-corrected chi connectivity index (χ3v) is 5.14. The van der Waals surface area contributed by atoms with Crippen LogP contribution >= 0.6 is 0 Å². The first-order chi connectivity index (χ1) is 14.9. The molecule has 1 heterocycles. The van der Waals surface area contributed by atoms with Gasteiger partial charge in [-0.25, -0.2) is 4.79 Å². The molecule has 0 fully saturated rings. The van der Waals surface area contributed by atoms with Crippen molar-refractivity contribution in [1.82, 2.24) is 0 Å². The van der Waals surface area contributed by atoms with Crippen LogP contribution in [-0.2, 0) is 16.0 Å².